The van der Waals surface area contributed by atoms with Crippen molar-refractivity contribution in [2.24, 2.45) is 0 Å². The maximum atomic E-state index is 12.0. The lowest BCUT2D eigenvalue weighted by molar-refractivity contribution is 0.563. The molecule has 0 unspecified atom stereocenters. The highest BCUT2D eigenvalue weighted by atomic mass is 16.4. The topological polar surface area (TPSA) is 30.2 Å². The Hall–Kier alpha value is -3.13. The monoisotopic (exact) mass is 310 g/mol. The first-order valence-corrected chi connectivity index (χ1v) is 8.01. The van der Waals surface area contributed by atoms with E-state index in [9.17, 15) is 4.79 Å². The quantitative estimate of drug-likeness (QED) is 0.277. The fourth-order valence-corrected chi connectivity index (χ4v) is 3.76. The molecule has 0 radical (unpaired) electrons. The molecule has 0 bridgehead atoms. The molecule has 0 spiro atoms. The van der Waals surface area contributed by atoms with Crippen LogP contribution in [0.15, 0.2) is 75.9 Å². The summed E-state index contributed by atoms with van der Waals surface area (Å²) >= 11 is 0. The number of hydrogen-bond donors (Lipinski definition) is 0. The highest BCUT2D eigenvalue weighted by Gasteiger charge is 2.13. The van der Waals surface area contributed by atoms with Crippen molar-refractivity contribution in [3.05, 3.63) is 82.7 Å². The van der Waals surface area contributed by atoms with Gasteiger partial charge in [0.2, 0.25) is 0 Å². The number of hydrogen-bond acceptors (Lipinski definition) is 2. The summed E-state index contributed by atoms with van der Waals surface area (Å²) in [5, 5.41) is 7.81. The summed E-state index contributed by atoms with van der Waals surface area (Å²) in [6.07, 6.45) is 0. The second kappa shape index (κ2) is 4.68. The van der Waals surface area contributed by atoms with E-state index in [1.807, 2.05) is 25.1 Å². The summed E-state index contributed by atoms with van der Waals surface area (Å²) in [5.41, 5.74) is 1.32. The SMILES string of the molecule is Cc1cc(=O)oc2c1ccc1c3ccccc3c3ccccc3c12. The van der Waals surface area contributed by atoms with Crippen LogP contribution in [-0.2, 0) is 0 Å². The maximum absolute atomic E-state index is 12.0. The Morgan fingerprint density at radius 3 is 1.83 bits per heavy atom. The Labute approximate surface area is 137 Å². The molecule has 24 heavy (non-hydrogen) atoms. The highest BCUT2D eigenvalue weighted by molar-refractivity contribution is 6.30. The molecule has 1 heterocycles. The zero-order chi connectivity index (χ0) is 16.3. The van der Waals surface area contributed by atoms with Gasteiger partial charge in [0.1, 0.15) is 5.58 Å². The molecule has 0 fully saturated rings. The van der Waals surface area contributed by atoms with E-state index < -0.39 is 0 Å². The Balaban J connectivity index is 2.24. The van der Waals surface area contributed by atoms with E-state index >= 15 is 0 Å². The van der Waals surface area contributed by atoms with Crippen LogP contribution < -0.4 is 5.63 Å². The largest absolute Gasteiger partial charge is 0.422 e. The smallest absolute Gasteiger partial charge is 0.336 e. The molecule has 5 aromatic rings. The van der Waals surface area contributed by atoms with Gasteiger partial charge in [-0.05, 0) is 39.4 Å². The predicted octanol–water partition coefficient (Wildman–Crippen LogP) is 5.56. The van der Waals surface area contributed by atoms with Crippen LogP contribution in [0.3, 0.4) is 0 Å². The van der Waals surface area contributed by atoms with E-state index in [-0.39, 0.29) is 5.63 Å². The van der Waals surface area contributed by atoms with Gasteiger partial charge in [-0.1, -0.05) is 60.7 Å². The zero-order valence-corrected chi connectivity index (χ0v) is 13.2. The average Bonchev–Trinajstić information content (AvgIpc) is 2.61. The fourth-order valence-electron chi connectivity index (χ4n) is 3.76. The molecule has 0 atom stereocenters. The van der Waals surface area contributed by atoms with Gasteiger partial charge in [-0.2, -0.15) is 0 Å². The van der Waals surface area contributed by atoms with Crippen molar-refractivity contribution in [1.29, 1.82) is 0 Å². The Bertz CT molecular complexity index is 1290. The number of rotatable bonds is 0. The molecule has 0 aliphatic carbocycles. The lowest BCUT2D eigenvalue weighted by Gasteiger charge is -2.12. The van der Waals surface area contributed by atoms with E-state index in [0.29, 0.717) is 5.58 Å². The van der Waals surface area contributed by atoms with Crippen LogP contribution in [0.25, 0.3) is 43.3 Å². The normalized spacial score (nSPS) is 11.7. The Kier molecular flexibility index (Phi) is 2.60. The van der Waals surface area contributed by atoms with Gasteiger partial charge < -0.3 is 4.42 Å². The molecule has 0 N–H and O–H groups in total. The molecular weight excluding hydrogens is 296 g/mol. The molecule has 4 aromatic carbocycles. The molecule has 2 nitrogen and oxygen atoms in total. The minimum atomic E-state index is -0.301. The number of benzene rings is 4. The van der Waals surface area contributed by atoms with E-state index in [4.69, 9.17) is 4.42 Å². The summed E-state index contributed by atoms with van der Waals surface area (Å²) < 4.78 is 5.66. The molecular formula is C22H14O2. The molecule has 114 valence electrons. The molecule has 2 heteroatoms. The third kappa shape index (κ3) is 1.68. The zero-order valence-electron chi connectivity index (χ0n) is 13.2. The summed E-state index contributed by atoms with van der Waals surface area (Å²) in [6, 6.07) is 22.4. The van der Waals surface area contributed by atoms with Gasteiger partial charge in [0.25, 0.3) is 0 Å². The van der Waals surface area contributed by atoms with Crippen LogP contribution in [0, 0.1) is 6.92 Å². The van der Waals surface area contributed by atoms with Gasteiger partial charge in [-0.3, -0.25) is 0 Å². The van der Waals surface area contributed by atoms with Crippen molar-refractivity contribution in [3.63, 3.8) is 0 Å². The van der Waals surface area contributed by atoms with Gasteiger partial charge in [-0.25, -0.2) is 4.79 Å². The summed E-state index contributed by atoms with van der Waals surface area (Å²) in [4.78, 5) is 12.0. The van der Waals surface area contributed by atoms with Crippen LogP contribution >= 0.6 is 0 Å². The first-order valence-electron chi connectivity index (χ1n) is 8.01. The van der Waals surface area contributed by atoms with E-state index in [1.165, 1.54) is 16.2 Å². The van der Waals surface area contributed by atoms with Crippen LogP contribution in [-0.4, -0.2) is 0 Å². The average molecular weight is 310 g/mol. The third-order valence-corrected chi connectivity index (χ3v) is 4.82. The van der Waals surface area contributed by atoms with Crippen molar-refractivity contribution >= 4 is 43.3 Å². The molecule has 5 rings (SSSR count). The van der Waals surface area contributed by atoms with Crippen molar-refractivity contribution in [2.45, 2.75) is 6.92 Å². The van der Waals surface area contributed by atoms with E-state index in [1.54, 1.807) is 6.07 Å². The molecule has 0 aliphatic heterocycles. The van der Waals surface area contributed by atoms with Gasteiger partial charge in [0, 0.05) is 16.8 Å². The van der Waals surface area contributed by atoms with Crippen molar-refractivity contribution in [3.8, 4) is 0 Å². The predicted molar refractivity (Wildman–Crippen MR) is 99.7 cm³/mol. The van der Waals surface area contributed by atoms with Crippen LogP contribution in [0.4, 0.5) is 0 Å². The number of aryl methyl sites for hydroxylation is 1. The van der Waals surface area contributed by atoms with Crippen LogP contribution in [0.5, 0.6) is 0 Å². The lowest BCUT2D eigenvalue weighted by Crippen LogP contribution is -1.98. The van der Waals surface area contributed by atoms with E-state index in [2.05, 4.69) is 42.5 Å². The summed E-state index contributed by atoms with van der Waals surface area (Å²) in [5.74, 6) is 0. The molecule has 0 saturated carbocycles. The Morgan fingerprint density at radius 2 is 1.17 bits per heavy atom. The molecule has 0 aliphatic rings. The van der Waals surface area contributed by atoms with Crippen LogP contribution in [0.2, 0.25) is 0 Å². The summed E-state index contributed by atoms with van der Waals surface area (Å²) in [6.45, 7) is 1.95. The Morgan fingerprint density at radius 1 is 0.667 bits per heavy atom. The molecule has 0 amide bonds. The first kappa shape index (κ1) is 13.3. The van der Waals surface area contributed by atoms with Crippen LogP contribution in [0.1, 0.15) is 5.56 Å². The lowest BCUT2D eigenvalue weighted by atomic mass is 9.92. The standard InChI is InChI=1S/C22H14O2/c1-13-12-20(23)24-22-14(13)10-11-19-17-8-3-2-6-15(17)16-7-4-5-9-18(16)21(19)22/h2-12H,1H3. The second-order valence-corrected chi connectivity index (χ2v) is 6.20. The maximum Gasteiger partial charge on any atom is 0.336 e. The van der Waals surface area contributed by atoms with E-state index in [0.717, 1.165) is 27.1 Å². The minimum absolute atomic E-state index is 0.301. The molecule has 1 aromatic heterocycles. The molecule has 0 saturated heterocycles. The van der Waals surface area contributed by atoms with Gasteiger partial charge in [0.15, 0.2) is 0 Å². The number of fused-ring (bicyclic) bond motifs is 8. The highest BCUT2D eigenvalue weighted by Crippen LogP contribution is 2.38. The first-order chi connectivity index (χ1) is 11.7. The minimum Gasteiger partial charge on any atom is -0.422 e. The van der Waals surface area contributed by atoms with Crippen molar-refractivity contribution in [2.75, 3.05) is 0 Å². The van der Waals surface area contributed by atoms with Crippen molar-refractivity contribution in [1.82, 2.24) is 0 Å². The van der Waals surface area contributed by atoms with Crippen molar-refractivity contribution < 1.29 is 4.42 Å². The third-order valence-electron chi connectivity index (χ3n) is 4.82. The van der Waals surface area contributed by atoms with Gasteiger partial charge in [-0.15, -0.1) is 0 Å². The summed E-state index contributed by atoms with van der Waals surface area (Å²) in [7, 11) is 0. The van der Waals surface area contributed by atoms with Gasteiger partial charge >= 0.3 is 5.63 Å². The second-order valence-electron chi connectivity index (χ2n) is 6.20. The fraction of sp³-hybridized carbons (Fsp3) is 0.0455. The van der Waals surface area contributed by atoms with Gasteiger partial charge in [0.05, 0.1) is 0 Å².